The van der Waals surface area contributed by atoms with Gasteiger partial charge in [0.25, 0.3) is 15.9 Å². The standard InChI is InChI=1S/C18H15ClN2O6S/c1-20-18(23)13-8-11(19)9-15(17(13)26-2)28(24,25)21-12-4-5-14-10(7-12)3-6-16(22)27-14/h3-9,21H,1-2H3,(H,20,23). The minimum absolute atomic E-state index is 0.0156. The fourth-order valence-corrected chi connectivity index (χ4v) is 4.18. The Bertz CT molecular complexity index is 1240. The summed E-state index contributed by atoms with van der Waals surface area (Å²) in [5, 5.41) is 2.99. The van der Waals surface area contributed by atoms with Crippen LogP contribution in [-0.2, 0) is 10.0 Å². The largest absolute Gasteiger partial charge is 0.494 e. The minimum atomic E-state index is -4.15. The maximum atomic E-state index is 12.9. The van der Waals surface area contributed by atoms with Gasteiger partial charge in [-0.2, -0.15) is 0 Å². The summed E-state index contributed by atoms with van der Waals surface area (Å²) in [6.45, 7) is 0. The van der Waals surface area contributed by atoms with E-state index in [1.165, 1.54) is 56.6 Å². The van der Waals surface area contributed by atoms with Crippen LogP contribution < -0.4 is 20.4 Å². The number of amides is 1. The van der Waals surface area contributed by atoms with E-state index in [4.69, 9.17) is 20.8 Å². The first-order valence-electron chi connectivity index (χ1n) is 7.91. The van der Waals surface area contributed by atoms with Crippen molar-refractivity contribution in [1.82, 2.24) is 5.32 Å². The Labute approximate surface area is 165 Å². The molecule has 0 atom stereocenters. The number of hydrogen-bond donors (Lipinski definition) is 2. The zero-order valence-electron chi connectivity index (χ0n) is 14.8. The van der Waals surface area contributed by atoms with Crippen molar-refractivity contribution in [2.75, 3.05) is 18.9 Å². The Kier molecular flexibility index (Phi) is 5.30. The highest BCUT2D eigenvalue weighted by atomic mass is 35.5. The second-order valence-electron chi connectivity index (χ2n) is 5.68. The molecule has 0 aliphatic heterocycles. The topological polar surface area (TPSA) is 115 Å². The third kappa shape index (κ3) is 3.80. The molecule has 0 unspecified atom stereocenters. The van der Waals surface area contributed by atoms with Gasteiger partial charge < -0.3 is 14.5 Å². The third-order valence-electron chi connectivity index (χ3n) is 3.86. The fourth-order valence-electron chi connectivity index (χ4n) is 2.63. The van der Waals surface area contributed by atoms with Crippen LogP contribution in [0.1, 0.15) is 10.4 Å². The van der Waals surface area contributed by atoms with Gasteiger partial charge in [-0.05, 0) is 36.4 Å². The van der Waals surface area contributed by atoms with Crippen LogP contribution in [0.15, 0.2) is 56.6 Å². The molecule has 3 aromatic rings. The maximum absolute atomic E-state index is 12.9. The summed E-state index contributed by atoms with van der Waals surface area (Å²) < 4.78 is 38.5. The zero-order valence-corrected chi connectivity index (χ0v) is 16.3. The van der Waals surface area contributed by atoms with E-state index >= 15 is 0 Å². The van der Waals surface area contributed by atoms with Gasteiger partial charge in [0, 0.05) is 29.2 Å². The molecule has 2 N–H and O–H groups in total. The molecule has 2 aromatic carbocycles. The molecule has 146 valence electrons. The first-order chi connectivity index (χ1) is 13.2. The van der Waals surface area contributed by atoms with Crippen LogP contribution in [-0.4, -0.2) is 28.5 Å². The van der Waals surface area contributed by atoms with E-state index in [1.807, 2.05) is 0 Å². The van der Waals surface area contributed by atoms with Crippen molar-refractivity contribution in [3.05, 3.63) is 63.5 Å². The van der Waals surface area contributed by atoms with Crippen molar-refractivity contribution in [3.8, 4) is 5.75 Å². The molecule has 3 rings (SSSR count). The lowest BCUT2D eigenvalue weighted by molar-refractivity contribution is 0.0959. The van der Waals surface area contributed by atoms with Gasteiger partial charge in [-0.3, -0.25) is 9.52 Å². The average Bonchev–Trinajstić information content (AvgIpc) is 2.66. The van der Waals surface area contributed by atoms with E-state index in [0.29, 0.717) is 11.0 Å². The Hall–Kier alpha value is -3.04. The number of sulfonamides is 1. The molecule has 28 heavy (non-hydrogen) atoms. The number of fused-ring (bicyclic) bond motifs is 1. The van der Waals surface area contributed by atoms with Gasteiger partial charge in [0.15, 0.2) is 5.75 Å². The van der Waals surface area contributed by atoms with Gasteiger partial charge in [0.05, 0.1) is 12.7 Å². The number of carbonyl (C=O) groups excluding carboxylic acids is 1. The lowest BCUT2D eigenvalue weighted by Gasteiger charge is -2.15. The van der Waals surface area contributed by atoms with Gasteiger partial charge in [-0.1, -0.05) is 11.6 Å². The SMILES string of the molecule is CNC(=O)c1cc(Cl)cc(S(=O)(=O)Nc2ccc3oc(=O)ccc3c2)c1OC. The van der Waals surface area contributed by atoms with Crippen molar-refractivity contribution in [2.45, 2.75) is 4.90 Å². The second kappa shape index (κ2) is 7.53. The van der Waals surface area contributed by atoms with E-state index in [9.17, 15) is 18.0 Å². The number of rotatable bonds is 5. The van der Waals surface area contributed by atoms with Crippen molar-refractivity contribution in [2.24, 2.45) is 0 Å². The molecule has 0 aliphatic rings. The molecule has 0 spiro atoms. The minimum Gasteiger partial charge on any atom is -0.494 e. The van der Waals surface area contributed by atoms with E-state index in [1.54, 1.807) is 0 Å². The van der Waals surface area contributed by atoms with Crippen LogP contribution in [0.2, 0.25) is 5.02 Å². The molecule has 0 saturated heterocycles. The van der Waals surface area contributed by atoms with Gasteiger partial charge in [0.1, 0.15) is 10.5 Å². The summed E-state index contributed by atoms with van der Waals surface area (Å²) in [4.78, 5) is 23.0. The Balaban J connectivity index is 2.08. The van der Waals surface area contributed by atoms with Crippen LogP contribution in [0.4, 0.5) is 5.69 Å². The monoisotopic (exact) mass is 422 g/mol. The summed E-state index contributed by atoms with van der Waals surface area (Å²) in [7, 11) is -1.49. The Morgan fingerprint density at radius 2 is 1.89 bits per heavy atom. The lowest BCUT2D eigenvalue weighted by atomic mass is 10.2. The highest BCUT2D eigenvalue weighted by Gasteiger charge is 2.26. The molecule has 1 heterocycles. The van der Waals surface area contributed by atoms with Gasteiger partial charge in [0.2, 0.25) is 0 Å². The number of hydrogen-bond acceptors (Lipinski definition) is 6. The van der Waals surface area contributed by atoms with Crippen molar-refractivity contribution in [1.29, 1.82) is 0 Å². The summed E-state index contributed by atoms with van der Waals surface area (Å²) in [6.07, 6.45) is 0. The molecule has 0 radical (unpaired) electrons. The molecular formula is C18H15ClN2O6S. The summed E-state index contributed by atoms with van der Waals surface area (Å²) in [5.41, 5.74) is 0.0203. The molecular weight excluding hydrogens is 408 g/mol. The number of nitrogens with one attached hydrogen (secondary N) is 2. The number of benzene rings is 2. The molecule has 0 fully saturated rings. The van der Waals surface area contributed by atoms with Crippen molar-refractivity contribution >= 4 is 44.2 Å². The Morgan fingerprint density at radius 3 is 2.57 bits per heavy atom. The van der Waals surface area contributed by atoms with E-state index < -0.39 is 21.6 Å². The second-order valence-corrected chi connectivity index (χ2v) is 7.76. The van der Waals surface area contributed by atoms with Gasteiger partial charge >= 0.3 is 5.63 Å². The highest BCUT2D eigenvalue weighted by Crippen LogP contribution is 2.33. The number of methoxy groups -OCH3 is 1. The van der Waals surface area contributed by atoms with Crippen LogP contribution >= 0.6 is 11.6 Å². The average molecular weight is 423 g/mol. The summed E-state index contributed by atoms with van der Waals surface area (Å²) >= 11 is 6.01. The Morgan fingerprint density at radius 1 is 1.14 bits per heavy atom. The summed E-state index contributed by atoms with van der Waals surface area (Å²) in [6, 6.07) is 9.68. The predicted molar refractivity (Wildman–Crippen MR) is 105 cm³/mol. The van der Waals surface area contributed by atoms with Crippen LogP contribution in [0, 0.1) is 0 Å². The highest BCUT2D eigenvalue weighted by molar-refractivity contribution is 7.92. The summed E-state index contributed by atoms with van der Waals surface area (Å²) in [5.74, 6) is -0.681. The van der Waals surface area contributed by atoms with E-state index in [2.05, 4.69) is 10.0 Å². The fraction of sp³-hybridized carbons (Fsp3) is 0.111. The van der Waals surface area contributed by atoms with Gasteiger partial charge in [-0.15, -0.1) is 0 Å². The third-order valence-corrected chi connectivity index (χ3v) is 5.46. The number of anilines is 1. The lowest BCUT2D eigenvalue weighted by Crippen LogP contribution is -2.21. The van der Waals surface area contributed by atoms with Crippen molar-refractivity contribution in [3.63, 3.8) is 0 Å². The van der Waals surface area contributed by atoms with E-state index in [-0.39, 0.29) is 26.9 Å². The molecule has 0 aliphatic carbocycles. The van der Waals surface area contributed by atoms with Crippen molar-refractivity contribution < 1.29 is 22.4 Å². The number of ether oxygens (including phenoxy) is 1. The molecule has 0 bridgehead atoms. The first-order valence-corrected chi connectivity index (χ1v) is 9.77. The quantitative estimate of drug-likeness (QED) is 0.611. The van der Waals surface area contributed by atoms with Crippen LogP contribution in [0.25, 0.3) is 11.0 Å². The molecule has 1 amide bonds. The predicted octanol–water partition coefficient (Wildman–Crippen LogP) is 2.62. The molecule has 0 saturated carbocycles. The maximum Gasteiger partial charge on any atom is 0.336 e. The smallest absolute Gasteiger partial charge is 0.336 e. The number of halogens is 1. The van der Waals surface area contributed by atoms with Crippen LogP contribution in [0.5, 0.6) is 5.75 Å². The van der Waals surface area contributed by atoms with E-state index in [0.717, 1.165) is 0 Å². The molecule has 8 nitrogen and oxygen atoms in total. The van der Waals surface area contributed by atoms with Gasteiger partial charge in [-0.25, -0.2) is 13.2 Å². The zero-order chi connectivity index (χ0) is 20.5. The normalized spacial score (nSPS) is 11.2. The number of carbonyl (C=O) groups is 1. The molecule has 10 heteroatoms. The molecule has 1 aromatic heterocycles. The first kappa shape index (κ1) is 19.7. The van der Waals surface area contributed by atoms with Crippen LogP contribution in [0.3, 0.4) is 0 Å².